The summed E-state index contributed by atoms with van der Waals surface area (Å²) in [5, 5.41) is 0. The average Bonchev–Trinajstić information content (AvgIpc) is 0.811. The Kier molecular flexibility index (Phi) is 8.74. The highest BCUT2D eigenvalue weighted by Crippen LogP contribution is 2.11. The van der Waals surface area contributed by atoms with E-state index in [0.29, 0.717) is 0 Å². The quantitative estimate of drug-likeness (QED) is 0.356. The summed E-state index contributed by atoms with van der Waals surface area (Å²) in [6, 6.07) is 0. The molecule has 0 rings (SSSR count). The minimum atomic E-state index is -2.62. The third kappa shape index (κ3) is 65.0. The van der Waals surface area contributed by atoms with Gasteiger partial charge in [0.15, 0.2) is 0 Å². The van der Waals surface area contributed by atoms with Gasteiger partial charge in [-0.25, -0.2) is 0 Å². The lowest BCUT2D eigenvalue weighted by Gasteiger charge is -1.76. The van der Waals surface area contributed by atoms with Crippen molar-refractivity contribution in [2.45, 2.75) is 0 Å². The molecule has 0 radical (unpaired) electrons. The first-order chi connectivity index (χ1) is 1.73. The molecule has 3 N–H and O–H groups in total. The van der Waals surface area contributed by atoms with Crippen molar-refractivity contribution in [3.8, 4) is 0 Å². The predicted octanol–water partition coefficient (Wildman–Crippen LogP) is -1.02. The second-order valence-electron chi connectivity index (χ2n) is 0.268. The van der Waals surface area contributed by atoms with Crippen LogP contribution in [0, 0.1) is 0 Å². The Morgan fingerprint density at radius 1 is 1.00 bits per heavy atom. The smallest absolute Gasteiger partial charge is 0.324 e. The van der Waals surface area contributed by atoms with Crippen molar-refractivity contribution in [2.75, 3.05) is 0 Å². The van der Waals surface area contributed by atoms with Crippen molar-refractivity contribution >= 4 is 18.5 Å². The fourth-order valence-electron chi connectivity index (χ4n) is 0. The van der Waals surface area contributed by atoms with Crippen molar-refractivity contribution in [1.29, 1.82) is 0 Å². The Morgan fingerprint density at radius 3 is 1.00 bits per heavy atom. The zero-order valence-electron chi connectivity index (χ0n) is 2.79. The summed E-state index contributed by atoms with van der Waals surface area (Å²) in [7, 11) is -2.62. The highest BCUT2D eigenvalue weighted by atomic mass is 31.2. The molecule has 0 aromatic heterocycles. The van der Waals surface area contributed by atoms with Gasteiger partial charge in [-0.05, 0) is 9.90 Å². The van der Waals surface area contributed by atoms with Gasteiger partial charge in [0.05, 0.1) is 0 Å². The minimum absolute atomic E-state index is 0. The van der Waals surface area contributed by atoms with E-state index in [1.807, 2.05) is 0 Å². The molecule has 1 unspecified atom stereocenters. The second-order valence-corrected chi connectivity index (χ2v) is 0.805. The van der Waals surface area contributed by atoms with Gasteiger partial charge in [-0.3, -0.25) is 0 Å². The highest BCUT2D eigenvalue weighted by Gasteiger charge is 1.76. The monoisotopic (exact) mass is 117 g/mol. The molecule has 0 saturated heterocycles. The van der Waals surface area contributed by atoms with E-state index in [0.717, 1.165) is 0 Å². The van der Waals surface area contributed by atoms with Crippen molar-refractivity contribution in [3.05, 3.63) is 0 Å². The first-order valence-electron chi connectivity index (χ1n) is 0.600. The second kappa shape index (κ2) is 4.74. The van der Waals surface area contributed by atoms with Gasteiger partial charge in [-0.15, -0.1) is 0 Å². The van der Waals surface area contributed by atoms with E-state index < -0.39 is 8.60 Å². The molecule has 0 spiro atoms. The zero-order valence-corrected chi connectivity index (χ0v) is 5.68. The first kappa shape index (κ1) is 9.22. The zero-order chi connectivity index (χ0) is 3.58. The van der Waals surface area contributed by atoms with Crippen LogP contribution in [-0.4, -0.2) is 14.7 Å². The molecule has 0 saturated carbocycles. The molecule has 3 nitrogen and oxygen atoms in total. The highest BCUT2D eigenvalue weighted by molar-refractivity contribution is 7.38. The lowest BCUT2D eigenvalue weighted by atomic mass is 15.8. The van der Waals surface area contributed by atoms with Crippen LogP contribution in [0.4, 0.5) is 0 Å². The molecule has 0 aliphatic rings. The maximum absolute atomic E-state index is 7.23. The van der Waals surface area contributed by atoms with E-state index in [-0.39, 0.29) is 9.90 Å². The van der Waals surface area contributed by atoms with Crippen LogP contribution in [0.15, 0.2) is 0 Å². The van der Waals surface area contributed by atoms with Crippen molar-refractivity contribution < 1.29 is 14.7 Å². The summed E-state index contributed by atoms with van der Waals surface area (Å²) >= 11 is 0. The Bertz CT molecular complexity index is 9.61. The molecule has 5 heteroatoms. The lowest BCUT2D eigenvalue weighted by Crippen LogP contribution is -1.54. The fourth-order valence-corrected chi connectivity index (χ4v) is 0. The third-order valence-corrected chi connectivity index (χ3v) is 0. The molecular formula is H7O3P2+. The van der Waals surface area contributed by atoms with Crippen LogP contribution in [0.25, 0.3) is 0 Å². The normalized spacial score (nSPS) is 7.20. The summed E-state index contributed by atoms with van der Waals surface area (Å²) in [5.74, 6) is 0. The van der Waals surface area contributed by atoms with Crippen LogP contribution >= 0.6 is 18.5 Å². The standard InChI is InChI=1S/H3O3P.H3P/c1-4(2)3;/h1-3H;1H3/p+1. The summed E-state index contributed by atoms with van der Waals surface area (Å²) in [5.41, 5.74) is 0. The van der Waals surface area contributed by atoms with Gasteiger partial charge in [-0.1, -0.05) is 0 Å². The van der Waals surface area contributed by atoms with Gasteiger partial charge in [0, 0.05) is 0 Å². The summed E-state index contributed by atoms with van der Waals surface area (Å²) in [4.78, 5) is 21.7. The van der Waals surface area contributed by atoms with Gasteiger partial charge in [0.1, 0.15) is 0 Å². The SMILES string of the molecule is OP(O)O.[PH4+]. The summed E-state index contributed by atoms with van der Waals surface area (Å²) < 4.78 is 0. The fraction of sp³-hybridized carbons (Fsp3) is 0. The Labute approximate surface area is 34.3 Å². The molecule has 1 atom stereocenters. The molecule has 0 aliphatic carbocycles. The van der Waals surface area contributed by atoms with Crippen LogP contribution in [0.2, 0.25) is 0 Å². The minimum Gasteiger partial charge on any atom is -0.328 e. The Morgan fingerprint density at radius 2 is 1.00 bits per heavy atom. The van der Waals surface area contributed by atoms with Crippen LogP contribution in [-0.2, 0) is 0 Å². The van der Waals surface area contributed by atoms with Gasteiger partial charge < -0.3 is 14.7 Å². The number of hydrogen-bond donors (Lipinski definition) is 3. The maximum atomic E-state index is 7.23. The van der Waals surface area contributed by atoms with E-state index >= 15 is 0 Å². The van der Waals surface area contributed by atoms with Gasteiger partial charge in [0.25, 0.3) is 0 Å². The van der Waals surface area contributed by atoms with E-state index in [9.17, 15) is 0 Å². The lowest BCUT2D eigenvalue weighted by molar-refractivity contribution is 0.368. The number of rotatable bonds is 0. The summed E-state index contributed by atoms with van der Waals surface area (Å²) in [6.45, 7) is 0. The van der Waals surface area contributed by atoms with Crippen LogP contribution in [0.5, 0.6) is 0 Å². The van der Waals surface area contributed by atoms with Gasteiger partial charge in [-0.2, -0.15) is 0 Å². The van der Waals surface area contributed by atoms with Crippen LogP contribution in [0.1, 0.15) is 0 Å². The topological polar surface area (TPSA) is 60.7 Å². The molecule has 0 amide bonds. The van der Waals surface area contributed by atoms with E-state index in [2.05, 4.69) is 0 Å². The molecule has 0 aliphatic heterocycles. The maximum Gasteiger partial charge on any atom is 0.324 e. The Hall–Kier alpha value is 0.740. The van der Waals surface area contributed by atoms with Crippen molar-refractivity contribution in [3.63, 3.8) is 0 Å². The first-order valence-corrected chi connectivity index (χ1v) is 1.80. The van der Waals surface area contributed by atoms with Crippen LogP contribution in [0.3, 0.4) is 0 Å². The number of hydrogen-bond acceptors (Lipinski definition) is 3. The van der Waals surface area contributed by atoms with Gasteiger partial charge >= 0.3 is 8.60 Å². The van der Waals surface area contributed by atoms with E-state index in [4.69, 9.17) is 14.7 Å². The molecule has 5 heavy (non-hydrogen) atoms. The largest absolute Gasteiger partial charge is 0.328 e. The molecule has 0 fully saturated rings. The van der Waals surface area contributed by atoms with E-state index in [1.165, 1.54) is 0 Å². The average molecular weight is 117 g/mol. The molecule has 0 heterocycles. The van der Waals surface area contributed by atoms with Crippen molar-refractivity contribution in [1.82, 2.24) is 0 Å². The molecule has 34 valence electrons. The Balaban J connectivity index is 0. The molecular weight excluding hydrogens is 110 g/mol. The predicted molar refractivity (Wildman–Crippen MR) is 26.1 cm³/mol. The molecule has 0 aromatic carbocycles. The third-order valence-electron chi connectivity index (χ3n) is 0. The molecule has 0 aromatic rings. The summed E-state index contributed by atoms with van der Waals surface area (Å²) in [6.07, 6.45) is 0. The van der Waals surface area contributed by atoms with E-state index in [1.54, 1.807) is 0 Å². The van der Waals surface area contributed by atoms with Crippen LogP contribution < -0.4 is 0 Å². The van der Waals surface area contributed by atoms with Crippen molar-refractivity contribution in [2.24, 2.45) is 0 Å². The van der Waals surface area contributed by atoms with Gasteiger partial charge in [0.2, 0.25) is 0 Å². The molecule has 0 bridgehead atoms.